The van der Waals surface area contributed by atoms with Crippen LogP contribution in [0.25, 0.3) is 0 Å². The fourth-order valence-corrected chi connectivity index (χ4v) is 2.86. The molecule has 0 aromatic heterocycles. The predicted molar refractivity (Wildman–Crippen MR) is 93.3 cm³/mol. The van der Waals surface area contributed by atoms with E-state index in [1.54, 1.807) is 0 Å². The molecular formula is C18H31N3O. The van der Waals surface area contributed by atoms with Crippen LogP contribution in [0.5, 0.6) is 0 Å². The molecule has 1 fully saturated rings. The van der Waals surface area contributed by atoms with Gasteiger partial charge in [-0.15, -0.1) is 0 Å². The van der Waals surface area contributed by atoms with Crippen molar-refractivity contribution in [2.75, 3.05) is 44.2 Å². The molecule has 4 nitrogen and oxygen atoms in total. The second kappa shape index (κ2) is 8.51. The summed E-state index contributed by atoms with van der Waals surface area (Å²) in [6, 6.07) is 8.63. The lowest BCUT2D eigenvalue weighted by Crippen LogP contribution is -2.46. The number of hydrogen-bond acceptors (Lipinski definition) is 4. The van der Waals surface area contributed by atoms with Crippen molar-refractivity contribution in [2.45, 2.75) is 33.4 Å². The van der Waals surface area contributed by atoms with Gasteiger partial charge in [0, 0.05) is 45.0 Å². The summed E-state index contributed by atoms with van der Waals surface area (Å²) >= 11 is 0. The van der Waals surface area contributed by atoms with Gasteiger partial charge in [-0.2, -0.15) is 0 Å². The average molecular weight is 305 g/mol. The molecule has 1 atom stereocenters. The maximum absolute atomic E-state index is 9.90. The van der Waals surface area contributed by atoms with E-state index in [-0.39, 0.29) is 6.10 Å². The van der Waals surface area contributed by atoms with Crippen molar-refractivity contribution in [3.63, 3.8) is 0 Å². The van der Waals surface area contributed by atoms with Crippen LogP contribution in [0.15, 0.2) is 24.3 Å². The quantitative estimate of drug-likeness (QED) is 0.807. The molecule has 1 aromatic carbocycles. The number of benzene rings is 1. The third kappa shape index (κ3) is 4.70. The van der Waals surface area contributed by atoms with Crippen LogP contribution < -0.4 is 10.2 Å². The standard InChI is InChI=1S/C18H31N3O/c1-4-20-9-11-21(12-10-20)17-8-6-5-7-16(17)13-19-14-18(22)15(2)3/h5-8,15,18-19,22H,4,9-14H2,1-3H3. The van der Waals surface area contributed by atoms with Crippen LogP contribution in [-0.2, 0) is 6.54 Å². The maximum atomic E-state index is 9.90. The first kappa shape index (κ1) is 17.3. The van der Waals surface area contributed by atoms with Crippen molar-refractivity contribution >= 4 is 5.69 Å². The first-order chi connectivity index (χ1) is 10.6. The van der Waals surface area contributed by atoms with Crippen molar-refractivity contribution in [3.8, 4) is 0 Å². The molecule has 0 radical (unpaired) electrons. The van der Waals surface area contributed by atoms with Crippen LogP contribution in [0.3, 0.4) is 0 Å². The minimum absolute atomic E-state index is 0.278. The molecule has 0 bridgehead atoms. The van der Waals surface area contributed by atoms with Gasteiger partial charge >= 0.3 is 0 Å². The first-order valence-corrected chi connectivity index (χ1v) is 8.55. The number of nitrogens with one attached hydrogen (secondary N) is 1. The number of likely N-dealkylation sites (N-methyl/N-ethyl adjacent to an activating group) is 1. The minimum atomic E-state index is -0.278. The second-order valence-corrected chi connectivity index (χ2v) is 6.49. The Hall–Kier alpha value is -1.10. The largest absolute Gasteiger partial charge is 0.392 e. The van der Waals surface area contributed by atoms with Gasteiger partial charge in [-0.05, 0) is 24.1 Å². The summed E-state index contributed by atoms with van der Waals surface area (Å²) in [6.45, 7) is 13.4. The highest BCUT2D eigenvalue weighted by atomic mass is 16.3. The predicted octanol–water partition coefficient (Wildman–Crippen LogP) is 1.93. The van der Waals surface area contributed by atoms with E-state index in [1.165, 1.54) is 11.3 Å². The molecule has 22 heavy (non-hydrogen) atoms. The second-order valence-electron chi connectivity index (χ2n) is 6.49. The molecule has 1 unspecified atom stereocenters. The summed E-state index contributed by atoms with van der Waals surface area (Å²) in [5.41, 5.74) is 2.66. The van der Waals surface area contributed by atoms with Gasteiger partial charge < -0.3 is 20.2 Å². The lowest BCUT2D eigenvalue weighted by Gasteiger charge is -2.36. The molecule has 0 amide bonds. The van der Waals surface area contributed by atoms with Gasteiger partial charge in [0.15, 0.2) is 0 Å². The number of anilines is 1. The Kier molecular flexibility index (Phi) is 6.68. The van der Waals surface area contributed by atoms with Crippen LogP contribution >= 0.6 is 0 Å². The van der Waals surface area contributed by atoms with Gasteiger partial charge in [-0.1, -0.05) is 39.0 Å². The summed E-state index contributed by atoms with van der Waals surface area (Å²) in [5, 5.41) is 13.3. The van der Waals surface area contributed by atoms with E-state index < -0.39 is 0 Å². The molecule has 1 saturated heterocycles. The summed E-state index contributed by atoms with van der Waals surface area (Å²) in [5.74, 6) is 0.296. The van der Waals surface area contributed by atoms with Gasteiger partial charge in [0.05, 0.1) is 6.10 Å². The number of piperazine rings is 1. The monoisotopic (exact) mass is 305 g/mol. The molecule has 1 aliphatic rings. The van der Waals surface area contributed by atoms with Gasteiger partial charge in [-0.3, -0.25) is 0 Å². The zero-order chi connectivity index (χ0) is 15.9. The average Bonchev–Trinajstić information content (AvgIpc) is 2.55. The van der Waals surface area contributed by atoms with E-state index in [1.807, 2.05) is 13.8 Å². The minimum Gasteiger partial charge on any atom is -0.392 e. The lowest BCUT2D eigenvalue weighted by molar-refractivity contribution is 0.123. The van der Waals surface area contributed by atoms with Crippen LogP contribution in [-0.4, -0.2) is 55.4 Å². The van der Waals surface area contributed by atoms with Crippen LogP contribution in [0.4, 0.5) is 5.69 Å². The molecular weight excluding hydrogens is 274 g/mol. The normalized spacial score (nSPS) is 18.0. The number of aliphatic hydroxyl groups is 1. The van der Waals surface area contributed by atoms with Gasteiger partial charge in [0.1, 0.15) is 0 Å². The Morgan fingerprint density at radius 1 is 1.14 bits per heavy atom. The van der Waals surface area contributed by atoms with E-state index in [2.05, 4.69) is 46.3 Å². The van der Waals surface area contributed by atoms with E-state index in [9.17, 15) is 5.11 Å². The van der Waals surface area contributed by atoms with Crippen molar-refractivity contribution in [2.24, 2.45) is 5.92 Å². The van der Waals surface area contributed by atoms with E-state index in [4.69, 9.17) is 0 Å². The number of hydrogen-bond donors (Lipinski definition) is 2. The highest BCUT2D eigenvalue weighted by molar-refractivity contribution is 5.54. The third-order valence-corrected chi connectivity index (χ3v) is 4.59. The smallest absolute Gasteiger partial charge is 0.0687 e. The highest BCUT2D eigenvalue weighted by Crippen LogP contribution is 2.21. The first-order valence-electron chi connectivity index (χ1n) is 8.55. The van der Waals surface area contributed by atoms with Crippen molar-refractivity contribution in [3.05, 3.63) is 29.8 Å². The Labute approximate surface area is 135 Å². The Morgan fingerprint density at radius 2 is 1.82 bits per heavy atom. The van der Waals surface area contributed by atoms with Crippen molar-refractivity contribution < 1.29 is 5.11 Å². The van der Waals surface area contributed by atoms with Gasteiger partial charge in [-0.25, -0.2) is 0 Å². The fraction of sp³-hybridized carbons (Fsp3) is 0.667. The SMILES string of the molecule is CCN1CCN(c2ccccc2CNCC(O)C(C)C)CC1. The number of aliphatic hydroxyl groups excluding tert-OH is 1. The summed E-state index contributed by atoms with van der Waals surface area (Å²) < 4.78 is 0. The number of para-hydroxylation sites is 1. The molecule has 1 aliphatic heterocycles. The van der Waals surface area contributed by atoms with Crippen molar-refractivity contribution in [1.29, 1.82) is 0 Å². The molecule has 1 heterocycles. The summed E-state index contributed by atoms with van der Waals surface area (Å²) in [6.07, 6.45) is -0.278. The Bertz CT molecular complexity index is 442. The third-order valence-electron chi connectivity index (χ3n) is 4.59. The van der Waals surface area contributed by atoms with Crippen LogP contribution in [0.2, 0.25) is 0 Å². The van der Waals surface area contributed by atoms with E-state index in [0.717, 1.165) is 39.3 Å². The number of rotatable bonds is 7. The Morgan fingerprint density at radius 3 is 2.45 bits per heavy atom. The zero-order valence-electron chi connectivity index (χ0n) is 14.3. The summed E-state index contributed by atoms with van der Waals surface area (Å²) in [7, 11) is 0. The van der Waals surface area contributed by atoms with E-state index >= 15 is 0 Å². The molecule has 4 heteroatoms. The molecule has 2 N–H and O–H groups in total. The molecule has 0 spiro atoms. The van der Waals surface area contributed by atoms with Gasteiger partial charge in [0.25, 0.3) is 0 Å². The van der Waals surface area contributed by atoms with Crippen molar-refractivity contribution in [1.82, 2.24) is 10.2 Å². The zero-order valence-corrected chi connectivity index (χ0v) is 14.3. The lowest BCUT2D eigenvalue weighted by atomic mass is 10.1. The van der Waals surface area contributed by atoms with Crippen LogP contribution in [0.1, 0.15) is 26.3 Å². The Balaban J connectivity index is 1.92. The maximum Gasteiger partial charge on any atom is 0.0687 e. The molecule has 1 aromatic rings. The molecule has 124 valence electrons. The molecule has 0 aliphatic carbocycles. The van der Waals surface area contributed by atoms with E-state index in [0.29, 0.717) is 12.5 Å². The highest BCUT2D eigenvalue weighted by Gasteiger charge is 2.18. The fourth-order valence-electron chi connectivity index (χ4n) is 2.86. The summed E-state index contributed by atoms with van der Waals surface area (Å²) in [4.78, 5) is 4.98. The van der Waals surface area contributed by atoms with Gasteiger partial charge in [0.2, 0.25) is 0 Å². The van der Waals surface area contributed by atoms with Crippen LogP contribution in [0, 0.1) is 5.92 Å². The molecule has 0 saturated carbocycles. The number of nitrogens with zero attached hydrogens (tertiary/aromatic N) is 2. The molecule has 2 rings (SSSR count). The topological polar surface area (TPSA) is 38.7 Å².